The van der Waals surface area contributed by atoms with Crippen LogP contribution in [0.2, 0.25) is 0 Å². The highest BCUT2D eigenvalue weighted by atomic mass is 35.5. The van der Waals surface area contributed by atoms with Gasteiger partial charge in [0, 0.05) is 18.6 Å². The van der Waals surface area contributed by atoms with E-state index in [4.69, 9.17) is 15.2 Å². The topological polar surface area (TPSA) is 73.6 Å². The van der Waals surface area contributed by atoms with Crippen LogP contribution in [-0.2, 0) is 9.53 Å². The number of halogens is 1. The Morgan fingerprint density at radius 2 is 2.08 bits per heavy atom. The van der Waals surface area contributed by atoms with Gasteiger partial charge in [-0.25, -0.2) is 0 Å². The largest absolute Gasteiger partial charge is 0.489 e. The molecule has 134 valence electrons. The minimum atomic E-state index is 0. The van der Waals surface area contributed by atoms with Crippen LogP contribution in [0.15, 0.2) is 24.3 Å². The molecule has 5 nitrogen and oxygen atoms in total. The van der Waals surface area contributed by atoms with Gasteiger partial charge in [-0.05, 0) is 50.7 Å². The molecule has 1 aromatic carbocycles. The SMILES string of the molecule is Cl.NC1CCC(C(=O)Nc2ccccc2OCC2CCCCO2)C1. The van der Waals surface area contributed by atoms with Crippen LogP contribution in [0.1, 0.15) is 38.5 Å². The fourth-order valence-corrected chi connectivity index (χ4v) is 3.31. The van der Waals surface area contributed by atoms with Gasteiger partial charge >= 0.3 is 0 Å². The fourth-order valence-electron chi connectivity index (χ4n) is 3.31. The van der Waals surface area contributed by atoms with E-state index in [0.29, 0.717) is 12.4 Å². The smallest absolute Gasteiger partial charge is 0.227 e. The Morgan fingerprint density at radius 3 is 2.79 bits per heavy atom. The highest BCUT2D eigenvalue weighted by molar-refractivity contribution is 5.94. The number of nitrogens with one attached hydrogen (secondary N) is 1. The third kappa shape index (κ3) is 5.10. The number of nitrogens with two attached hydrogens (primary N) is 1. The number of benzene rings is 1. The number of rotatable bonds is 5. The minimum Gasteiger partial charge on any atom is -0.489 e. The molecule has 6 heteroatoms. The van der Waals surface area contributed by atoms with Crippen LogP contribution in [0.25, 0.3) is 0 Å². The van der Waals surface area contributed by atoms with Crippen molar-refractivity contribution < 1.29 is 14.3 Å². The summed E-state index contributed by atoms with van der Waals surface area (Å²) >= 11 is 0. The molecule has 1 aromatic rings. The maximum Gasteiger partial charge on any atom is 0.227 e. The zero-order valence-corrected chi connectivity index (χ0v) is 14.7. The van der Waals surface area contributed by atoms with Crippen molar-refractivity contribution in [3.05, 3.63) is 24.3 Å². The lowest BCUT2D eigenvalue weighted by molar-refractivity contribution is -0.119. The number of carbonyl (C=O) groups excluding carboxylic acids is 1. The Bertz CT molecular complexity index is 535. The van der Waals surface area contributed by atoms with E-state index in [9.17, 15) is 4.79 Å². The summed E-state index contributed by atoms with van der Waals surface area (Å²) in [5.41, 5.74) is 6.63. The maximum atomic E-state index is 12.4. The average Bonchev–Trinajstić information content (AvgIpc) is 3.02. The molecule has 1 aliphatic carbocycles. The summed E-state index contributed by atoms with van der Waals surface area (Å²) in [7, 11) is 0. The van der Waals surface area contributed by atoms with Crippen LogP contribution in [0, 0.1) is 5.92 Å². The number of anilines is 1. The van der Waals surface area contributed by atoms with Gasteiger partial charge < -0.3 is 20.5 Å². The molecule has 3 atom stereocenters. The molecule has 1 aliphatic heterocycles. The van der Waals surface area contributed by atoms with Gasteiger partial charge in [-0.15, -0.1) is 12.4 Å². The van der Waals surface area contributed by atoms with Crippen LogP contribution in [0.4, 0.5) is 5.69 Å². The molecular formula is C18H27ClN2O3. The first-order valence-electron chi connectivity index (χ1n) is 8.62. The Balaban J connectivity index is 0.00000208. The molecular weight excluding hydrogens is 328 g/mol. The second kappa shape index (κ2) is 9.25. The highest BCUT2D eigenvalue weighted by Crippen LogP contribution is 2.29. The van der Waals surface area contributed by atoms with Gasteiger partial charge in [0.2, 0.25) is 5.91 Å². The molecule has 2 fully saturated rings. The summed E-state index contributed by atoms with van der Waals surface area (Å²) in [4.78, 5) is 12.4. The van der Waals surface area contributed by atoms with E-state index in [2.05, 4.69) is 5.32 Å². The van der Waals surface area contributed by atoms with Crippen LogP contribution in [-0.4, -0.2) is 31.3 Å². The number of carbonyl (C=O) groups is 1. The third-order valence-electron chi connectivity index (χ3n) is 4.69. The summed E-state index contributed by atoms with van der Waals surface area (Å²) in [6, 6.07) is 7.74. The number of hydrogen-bond donors (Lipinski definition) is 2. The Hall–Kier alpha value is -1.30. The molecule has 1 saturated heterocycles. The van der Waals surface area contributed by atoms with E-state index < -0.39 is 0 Å². The van der Waals surface area contributed by atoms with Crippen molar-refractivity contribution >= 4 is 24.0 Å². The molecule has 0 aromatic heterocycles. The first kappa shape index (κ1) is 19.0. The predicted molar refractivity (Wildman–Crippen MR) is 96.7 cm³/mol. The Morgan fingerprint density at radius 1 is 1.25 bits per heavy atom. The van der Waals surface area contributed by atoms with Gasteiger partial charge in [0.1, 0.15) is 12.4 Å². The summed E-state index contributed by atoms with van der Waals surface area (Å²) in [5.74, 6) is 0.764. The summed E-state index contributed by atoms with van der Waals surface area (Å²) < 4.78 is 11.6. The summed E-state index contributed by atoms with van der Waals surface area (Å²) in [6.45, 7) is 1.34. The van der Waals surface area contributed by atoms with Gasteiger partial charge in [-0.1, -0.05) is 12.1 Å². The Kier molecular flexibility index (Phi) is 7.34. The number of ether oxygens (including phenoxy) is 2. The van der Waals surface area contributed by atoms with Gasteiger partial charge in [0.25, 0.3) is 0 Å². The first-order valence-corrected chi connectivity index (χ1v) is 8.62. The monoisotopic (exact) mass is 354 g/mol. The average molecular weight is 355 g/mol. The van der Waals surface area contributed by atoms with Gasteiger partial charge in [-0.3, -0.25) is 4.79 Å². The lowest BCUT2D eigenvalue weighted by Gasteiger charge is -2.23. The molecule has 1 heterocycles. The lowest BCUT2D eigenvalue weighted by Crippen LogP contribution is -2.26. The van der Waals surface area contributed by atoms with E-state index in [1.807, 2.05) is 24.3 Å². The van der Waals surface area contributed by atoms with Crippen molar-refractivity contribution in [2.45, 2.75) is 50.7 Å². The number of para-hydroxylation sites is 2. The van der Waals surface area contributed by atoms with Crippen molar-refractivity contribution in [3.63, 3.8) is 0 Å². The second-order valence-corrected chi connectivity index (χ2v) is 6.56. The predicted octanol–water partition coefficient (Wildman–Crippen LogP) is 3.12. The van der Waals surface area contributed by atoms with E-state index in [1.165, 1.54) is 6.42 Å². The van der Waals surface area contributed by atoms with Crippen molar-refractivity contribution in [1.82, 2.24) is 0 Å². The van der Waals surface area contributed by atoms with E-state index >= 15 is 0 Å². The molecule has 2 aliphatic rings. The van der Waals surface area contributed by atoms with Crippen LogP contribution < -0.4 is 15.8 Å². The van der Waals surface area contributed by atoms with Crippen molar-refractivity contribution in [3.8, 4) is 5.75 Å². The molecule has 0 bridgehead atoms. The molecule has 3 rings (SSSR count). The second-order valence-electron chi connectivity index (χ2n) is 6.56. The van der Waals surface area contributed by atoms with Crippen LogP contribution >= 0.6 is 12.4 Å². The fraction of sp³-hybridized carbons (Fsp3) is 0.611. The Labute approximate surface area is 149 Å². The first-order chi connectivity index (χ1) is 11.2. The zero-order chi connectivity index (χ0) is 16.1. The van der Waals surface area contributed by atoms with Crippen LogP contribution in [0.3, 0.4) is 0 Å². The standard InChI is InChI=1S/C18H26N2O3.ClH/c19-14-9-8-13(11-14)18(21)20-16-6-1-2-7-17(16)23-12-15-5-3-4-10-22-15;/h1-2,6-7,13-15H,3-5,8-12,19H2,(H,20,21);1H. The van der Waals surface area contributed by atoms with E-state index in [1.54, 1.807) is 0 Å². The normalized spacial score (nSPS) is 26.5. The maximum absolute atomic E-state index is 12.4. The molecule has 3 N–H and O–H groups in total. The molecule has 1 saturated carbocycles. The molecule has 0 spiro atoms. The van der Waals surface area contributed by atoms with Crippen molar-refractivity contribution in [1.29, 1.82) is 0 Å². The number of hydrogen-bond acceptors (Lipinski definition) is 4. The highest BCUT2D eigenvalue weighted by Gasteiger charge is 2.28. The summed E-state index contributed by atoms with van der Waals surface area (Å²) in [5, 5.41) is 3.00. The van der Waals surface area contributed by atoms with Crippen LogP contribution in [0.5, 0.6) is 5.75 Å². The van der Waals surface area contributed by atoms with Gasteiger partial charge in [0.15, 0.2) is 0 Å². The molecule has 0 radical (unpaired) electrons. The quantitative estimate of drug-likeness (QED) is 0.852. The molecule has 1 amide bonds. The van der Waals surface area contributed by atoms with Gasteiger partial charge in [0.05, 0.1) is 11.8 Å². The zero-order valence-electron chi connectivity index (χ0n) is 13.9. The minimum absolute atomic E-state index is 0. The summed E-state index contributed by atoms with van der Waals surface area (Å²) in [6.07, 6.45) is 6.07. The van der Waals surface area contributed by atoms with E-state index in [-0.39, 0.29) is 36.4 Å². The number of amides is 1. The van der Waals surface area contributed by atoms with E-state index in [0.717, 1.165) is 44.4 Å². The lowest BCUT2D eigenvalue weighted by atomic mass is 10.1. The third-order valence-corrected chi connectivity index (χ3v) is 4.69. The van der Waals surface area contributed by atoms with Crippen molar-refractivity contribution in [2.75, 3.05) is 18.5 Å². The van der Waals surface area contributed by atoms with Crippen molar-refractivity contribution in [2.24, 2.45) is 11.7 Å². The van der Waals surface area contributed by atoms with Gasteiger partial charge in [-0.2, -0.15) is 0 Å². The molecule has 24 heavy (non-hydrogen) atoms. The molecule has 3 unspecified atom stereocenters.